The standard InChI is InChI=1S/C19H17N3O2/c1-3-21-15-9-17-16(6-10(15)2)22-19-13-7-11(23)4-5-12(13)14(20)8-18(19)24-17/h4-9,21H,3,20H2,1-2H3/p+1. The van der Waals surface area contributed by atoms with Gasteiger partial charge in [-0.25, -0.2) is 0 Å². The second-order valence-electron chi connectivity index (χ2n) is 5.97. The van der Waals surface area contributed by atoms with Crippen molar-refractivity contribution in [1.82, 2.24) is 0 Å². The Morgan fingerprint density at radius 2 is 1.96 bits per heavy atom. The zero-order valence-corrected chi connectivity index (χ0v) is 13.6. The first kappa shape index (κ1) is 14.5. The molecule has 0 saturated heterocycles. The summed E-state index contributed by atoms with van der Waals surface area (Å²) in [4.78, 5) is 15.2. The molecule has 0 amide bonds. The van der Waals surface area contributed by atoms with Gasteiger partial charge in [0.25, 0.3) is 5.52 Å². The Balaban J connectivity index is 2.13. The number of H-pyrrole nitrogens is 1. The van der Waals surface area contributed by atoms with Gasteiger partial charge in [-0.05, 0) is 31.5 Å². The summed E-state index contributed by atoms with van der Waals surface area (Å²) >= 11 is 0. The highest BCUT2D eigenvalue weighted by Crippen LogP contribution is 2.30. The summed E-state index contributed by atoms with van der Waals surface area (Å²) in [6.07, 6.45) is 0. The second-order valence-corrected chi connectivity index (χ2v) is 5.97. The molecule has 0 bridgehead atoms. The van der Waals surface area contributed by atoms with Gasteiger partial charge in [0.15, 0.2) is 5.43 Å². The minimum Gasteiger partial charge on any atom is -0.443 e. The molecule has 0 spiro atoms. The average molecular weight is 320 g/mol. The number of aromatic amines is 1. The predicted molar refractivity (Wildman–Crippen MR) is 97.4 cm³/mol. The third-order valence-electron chi connectivity index (χ3n) is 4.28. The van der Waals surface area contributed by atoms with E-state index in [1.807, 2.05) is 19.1 Å². The highest BCUT2D eigenvalue weighted by molar-refractivity contribution is 6.08. The third kappa shape index (κ3) is 2.17. The molecule has 0 fully saturated rings. The second kappa shape index (κ2) is 5.23. The number of anilines is 2. The smallest absolute Gasteiger partial charge is 0.255 e. The summed E-state index contributed by atoms with van der Waals surface area (Å²) in [5.74, 6) is 0. The van der Waals surface area contributed by atoms with Gasteiger partial charge >= 0.3 is 0 Å². The van der Waals surface area contributed by atoms with Crippen molar-refractivity contribution in [2.45, 2.75) is 13.8 Å². The molecule has 0 aliphatic heterocycles. The maximum Gasteiger partial charge on any atom is 0.255 e. The van der Waals surface area contributed by atoms with Crippen LogP contribution in [0.1, 0.15) is 12.5 Å². The van der Waals surface area contributed by atoms with E-state index < -0.39 is 0 Å². The number of aryl methyl sites for hydroxylation is 1. The van der Waals surface area contributed by atoms with Gasteiger partial charge in [0.05, 0.1) is 5.39 Å². The molecular formula is C19H18N3O2+. The van der Waals surface area contributed by atoms with E-state index in [1.54, 1.807) is 18.2 Å². The topological polar surface area (TPSA) is 82.4 Å². The maximum absolute atomic E-state index is 11.8. The number of hydrogen-bond donors (Lipinski definition) is 2. The van der Waals surface area contributed by atoms with Crippen molar-refractivity contribution in [2.24, 2.45) is 0 Å². The van der Waals surface area contributed by atoms with Gasteiger partial charge in [0.2, 0.25) is 16.7 Å². The van der Waals surface area contributed by atoms with E-state index >= 15 is 0 Å². The molecule has 0 unspecified atom stereocenters. The van der Waals surface area contributed by atoms with E-state index in [-0.39, 0.29) is 5.43 Å². The van der Waals surface area contributed by atoms with Crippen LogP contribution in [0.25, 0.3) is 33.0 Å². The number of fused-ring (bicyclic) bond motifs is 4. The molecule has 1 aromatic heterocycles. The van der Waals surface area contributed by atoms with Gasteiger partial charge in [0, 0.05) is 47.6 Å². The average Bonchev–Trinajstić information content (AvgIpc) is 2.55. The molecule has 0 saturated carbocycles. The molecule has 5 heteroatoms. The fourth-order valence-electron chi connectivity index (χ4n) is 3.12. The van der Waals surface area contributed by atoms with Gasteiger partial charge < -0.3 is 15.5 Å². The van der Waals surface area contributed by atoms with Crippen molar-refractivity contribution in [3.05, 3.63) is 52.2 Å². The minimum atomic E-state index is -0.0541. The largest absolute Gasteiger partial charge is 0.443 e. The number of benzene rings is 3. The van der Waals surface area contributed by atoms with Crippen LogP contribution < -0.4 is 21.5 Å². The molecule has 4 rings (SSSR count). The SMILES string of the molecule is CCNc1cc2oc3cc(N)c4ccc(=O)cc4c3[nH+]c2cc1C. The van der Waals surface area contributed by atoms with Crippen LogP contribution in [0.2, 0.25) is 0 Å². The highest BCUT2D eigenvalue weighted by Gasteiger charge is 2.16. The molecule has 0 aliphatic rings. The van der Waals surface area contributed by atoms with Gasteiger partial charge in [0.1, 0.15) is 0 Å². The summed E-state index contributed by atoms with van der Waals surface area (Å²) in [5.41, 5.74) is 11.9. The van der Waals surface area contributed by atoms with Crippen molar-refractivity contribution in [3.63, 3.8) is 0 Å². The van der Waals surface area contributed by atoms with E-state index in [2.05, 4.69) is 17.2 Å². The van der Waals surface area contributed by atoms with Crippen molar-refractivity contribution < 1.29 is 9.40 Å². The molecule has 3 aromatic carbocycles. The van der Waals surface area contributed by atoms with Crippen molar-refractivity contribution in [2.75, 3.05) is 17.6 Å². The first-order valence-corrected chi connectivity index (χ1v) is 7.93. The Morgan fingerprint density at radius 1 is 1.12 bits per heavy atom. The Bertz CT molecular complexity index is 1160. The molecule has 24 heavy (non-hydrogen) atoms. The normalized spacial score (nSPS) is 11.4. The number of nitrogens with two attached hydrogens (primary N) is 1. The van der Waals surface area contributed by atoms with Gasteiger partial charge in [-0.2, -0.15) is 4.98 Å². The summed E-state index contributed by atoms with van der Waals surface area (Å²) in [6.45, 7) is 4.94. The summed E-state index contributed by atoms with van der Waals surface area (Å²) in [6, 6.07) is 10.7. The monoisotopic (exact) mass is 320 g/mol. The Hall–Kier alpha value is -3.08. The predicted octanol–water partition coefficient (Wildman–Crippen LogP) is 3.24. The quantitative estimate of drug-likeness (QED) is 0.337. The maximum atomic E-state index is 11.8. The fourth-order valence-corrected chi connectivity index (χ4v) is 3.12. The summed E-state index contributed by atoms with van der Waals surface area (Å²) < 4.78 is 6.06. The molecule has 0 aliphatic carbocycles. The number of rotatable bonds is 2. The zero-order valence-electron chi connectivity index (χ0n) is 13.6. The molecule has 4 N–H and O–H groups in total. The van der Waals surface area contributed by atoms with E-state index in [0.29, 0.717) is 11.3 Å². The molecule has 4 aromatic rings. The van der Waals surface area contributed by atoms with E-state index in [9.17, 15) is 4.79 Å². The molecule has 120 valence electrons. The number of aromatic nitrogens is 1. The van der Waals surface area contributed by atoms with Gasteiger partial charge in [-0.15, -0.1) is 0 Å². The van der Waals surface area contributed by atoms with Crippen molar-refractivity contribution >= 4 is 44.3 Å². The lowest BCUT2D eigenvalue weighted by Crippen LogP contribution is -2.09. The van der Waals surface area contributed by atoms with E-state index in [0.717, 1.165) is 45.2 Å². The lowest BCUT2D eigenvalue weighted by Gasteiger charge is -2.08. The Morgan fingerprint density at radius 3 is 2.75 bits per heavy atom. The minimum absolute atomic E-state index is 0.0541. The third-order valence-corrected chi connectivity index (χ3v) is 4.28. The first-order valence-electron chi connectivity index (χ1n) is 7.93. The van der Waals surface area contributed by atoms with Crippen LogP contribution in [-0.4, -0.2) is 6.54 Å². The van der Waals surface area contributed by atoms with Crippen LogP contribution in [-0.2, 0) is 0 Å². The van der Waals surface area contributed by atoms with Gasteiger partial charge in [-0.3, -0.25) is 4.79 Å². The molecular weight excluding hydrogens is 302 g/mol. The Kier molecular flexibility index (Phi) is 3.16. The molecule has 0 atom stereocenters. The molecule has 5 nitrogen and oxygen atoms in total. The Labute approximate surface area is 138 Å². The summed E-state index contributed by atoms with van der Waals surface area (Å²) in [7, 11) is 0. The number of nitrogen functional groups attached to an aromatic ring is 1. The summed E-state index contributed by atoms with van der Waals surface area (Å²) in [5, 5.41) is 4.94. The first-order chi connectivity index (χ1) is 11.6. The van der Waals surface area contributed by atoms with Crippen LogP contribution in [0.15, 0.2) is 45.6 Å². The lowest BCUT2D eigenvalue weighted by molar-refractivity contribution is -0.310. The van der Waals surface area contributed by atoms with Crippen LogP contribution >= 0.6 is 0 Å². The van der Waals surface area contributed by atoms with E-state index in [1.165, 1.54) is 6.07 Å². The molecule has 0 radical (unpaired) electrons. The number of nitrogens with one attached hydrogen (secondary N) is 2. The molecule has 1 heterocycles. The van der Waals surface area contributed by atoms with Crippen molar-refractivity contribution in [3.8, 4) is 0 Å². The number of hydrogen-bond acceptors (Lipinski definition) is 4. The lowest BCUT2D eigenvalue weighted by atomic mass is 10.1. The van der Waals surface area contributed by atoms with Crippen molar-refractivity contribution in [1.29, 1.82) is 0 Å². The van der Waals surface area contributed by atoms with Gasteiger partial charge in [-0.1, -0.05) is 0 Å². The van der Waals surface area contributed by atoms with Crippen LogP contribution in [0, 0.1) is 6.92 Å². The fraction of sp³-hybridized carbons (Fsp3) is 0.158. The zero-order chi connectivity index (χ0) is 16.8. The van der Waals surface area contributed by atoms with E-state index in [4.69, 9.17) is 10.2 Å². The highest BCUT2D eigenvalue weighted by atomic mass is 16.3. The van der Waals surface area contributed by atoms with Crippen LogP contribution in [0.4, 0.5) is 11.4 Å². The van der Waals surface area contributed by atoms with Crippen LogP contribution in [0.5, 0.6) is 0 Å². The van der Waals surface area contributed by atoms with Crippen LogP contribution in [0.3, 0.4) is 0 Å².